The Morgan fingerprint density at radius 2 is 1.81 bits per heavy atom. The van der Waals surface area contributed by atoms with Crippen molar-refractivity contribution in [2.75, 3.05) is 38.1 Å². The molecule has 6 nitrogen and oxygen atoms in total. The Balaban J connectivity index is 1.96. The van der Waals surface area contributed by atoms with Gasteiger partial charge in [-0.05, 0) is 26.0 Å². The second kappa shape index (κ2) is 6.05. The van der Waals surface area contributed by atoms with E-state index < -0.39 is 34.0 Å². The zero-order valence-corrected chi connectivity index (χ0v) is 14.3. The summed E-state index contributed by atoms with van der Waals surface area (Å²) < 4.78 is 31.2. The molecule has 1 aromatic heterocycles. The fourth-order valence-corrected chi connectivity index (χ4v) is 3.51. The van der Waals surface area contributed by atoms with Gasteiger partial charge in [-0.25, -0.2) is 13.6 Å². The van der Waals surface area contributed by atoms with Gasteiger partial charge in [0, 0.05) is 38.4 Å². The summed E-state index contributed by atoms with van der Waals surface area (Å²) in [6.45, 7) is 2.57. The van der Waals surface area contributed by atoms with E-state index in [0.717, 1.165) is 25.9 Å². The quantitative estimate of drug-likeness (QED) is 0.904. The maximum absolute atomic E-state index is 14.8. The standard InChI is InChI=1S/C18H19F2N3O3/c1-21-4-6-22(7-5-21)13-8-12-14(16(20)15(13)19)17(24)11(18(25)26)9-23(12)10-2-3-10/h8-10H,2-7H2,1H3,(H,25,26). The molecule has 0 spiro atoms. The molecule has 2 aromatic rings. The number of nitrogens with zero attached hydrogens (tertiary/aromatic N) is 3. The number of benzene rings is 1. The first-order chi connectivity index (χ1) is 12.4. The van der Waals surface area contributed by atoms with Gasteiger partial charge in [0.15, 0.2) is 11.6 Å². The van der Waals surface area contributed by atoms with Crippen molar-refractivity contribution in [3.63, 3.8) is 0 Å². The molecule has 2 heterocycles. The van der Waals surface area contributed by atoms with Crippen molar-refractivity contribution >= 4 is 22.6 Å². The molecule has 2 fully saturated rings. The molecule has 0 radical (unpaired) electrons. The van der Waals surface area contributed by atoms with Crippen molar-refractivity contribution in [2.24, 2.45) is 0 Å². The highest BCUT2D eigenvalue weighted by molar-refractivity contribution is 5.94. The first kappa shape index (κ1) is 17.0. The lowest BCUT2D eigenvalue weighted by molar-refractivity contribution is 0.0695. The van der Waals surface area contributed by atoms with Crippen molar-refractivity contribution in [2.45, 2.75) is 18.9 Å². The number of fused-ring (bicyclic) bond motifs is 1. The number of carbonyl (C=O) groups is 1. The van der Waals surface area contributed by atoms with Crippen LogP contribution in [-0.2, 0) is 0 Å². The predicted octanol–water partition coefficient (Wildman–Crippen LogP) is 2.06. The van der Waals surface area contributed by atoms with Gasteiger partial charge in [-0.3, -0.25) is 4.79 Å². The third kappa shape index (κ3) is 2.65. The predicted molar refractivity (Wildman–Crippen MR) is 93.1 cm³/mol. The monoisotopic (exact) mass is 363 g/mol. The molecule has 0 amide bonds. The zero-order valence-electron chi connectivity index (χ0n) is 14.3. The molecule has 1 saturated heterocycles. The minimum atomic E-state index is -1.44. The van der Waals surface area contributed by atoms with E-state index >= 15 is 0 Å². The molecule has 26 heavy (non-hydrogen) atoms. The number of aromatic nitrogens is 1. The van der Waals surface area contributed by atoms with Crippen LogP contribution in [0.25, 0.3) is 10.9 Å². The molecule has 1 saturated carbocycles. The molecule has 2 aliphatic rings. The van der Waals surface area contributed by atoms with Crippen molar-refractivity contribution in [3.8, 4) is 0 Å². The van der Waals surface area contributed by atoms with Crippen molar-refractivity contribution in [1.82, 2.24) is 9.47 Å². The summed E-state index contributed by atoms with van der Waals surface area (Å²) in [5.74, 6) is -3.79. The van der Waals surface area contributed by atoms with E-state index in [-0.39, 0.29) is 17.2 Å². The van der Waals surface area contributed by atoms with Gasteiger partial charge in [0.05, 0.1) is 16.6 Å². The Bertz CT molecular complexity index is 961. The molecule has 1 aliphatic carbocycles. The number of carboxylic acids is 1. The van der Waals surface area contributed by atoms with Gasteiger partial charge in [-0.2, -0.15) is 0 Å². The van der Waals surface area contributed by atoms with E-state index in [1.807, 2.05) is 7.05 Å². The number of piperazine rings is 1. The van der Waals surface area contributed by atoms with Crippen LogP contribution in [0.1, 0.15) is 29.2 Å². The molecule has 0 atom stereocenters. The number of aromatic carboxylic acids is 1. The molecule has 1 aliphatic heterocycles. The first-order valence-corrected chi connectivity index (χ1v) is 8.62. The third-order valence-electron chi connectivity index (χ3n) is 5.20. The average Bonchev–Trinajstić information content (AvgIpc) is 3.43. The molecule has 138 valence electrons. The highest BCUT2D eigenvalue weighted by Gasteiger charge is 2.30. The normalized spacial score (nSPS) is 18.5. The maximum atomic E-state index is 14.8. The van der Waals surface area contributed by atoms with Gasteiger partial charge in [0.25, 0.3) is 0 Å². The van der Waals surface area contributed by atoms with Gasteiger partial charge in [0.1, 0.15) is 5.56 Å². The SMILES string of the molecule is CN1CCN(c2cc3c(c(F)c2F)c(=O)c(C(=O)O)cn3C2CC2)CC1. The number of rotatable bonds is 3. The van der Waals surface area contributed by atoms with Crippen LogP contribution in [0.2, 0.25) is 0 Å². The summed E-state index contributed by atoms with van der Waals surface area (Å²) in [6.07, 6.45) is 2.90. The van der Waals surface area contributed by atoms with Crippen LogP contribution in [-0.4, -0.2) is 53.8 Å². The van der Waals surface area contributed by atoms with Crippen molar-refractivity contribution in [1.29, 1.82) is 0 Å². The van der Waals surface area contributed by atoms with Crippen LogP contribution < -0.4 is 10.3 Å². The van der Waals surface area contributed by atoms with Crippen LogP contribution in [0.4, 0.5) is 14.5 Å². The Morgan fingerprint density at radius 1 is 1.15 bits per heavy atom. The minimum Gasteiger partial charge on any atom is -0.477 e. The third-order valence-corrected chi connectivity index (χ3v) is 5.20. The molecule has 8 heteroatoms. The second-order valence-electron chi connectivity index (χ2n) is 7.02. The number of likely N-dealkylation sites (N-methyl/N-ethyl adjacent to an activating group) is 1. The van der Waals surface area contributed by atoms with E-state index in [1.165, 1.54) is 12.3 Å². The molecule has 0 unspecified atom stereocenters. The summed E-state index contributed by atoms with van der Waals surface area (Å²) in [6, 6.07) is 1.51. The van der Waals surface area contributed by atoms with Gasteiger partial charge >= 0.3 is 5.97 Å². The van der Waals surface area contributed by atoms with Crippen LogP contribution in [0, 0.1) is 11.6 Å². The van der Waals surface area contributed by atoms with Crippen LogP contribution in [0.3, 0.4) is 0 Å². The zero-order chi connectivity index (χ0) is 18.6. The fourth-order valence-electron chi connectivity index (χ4n) is 3.51. The molecular formula is C18H19F2N3O3. The van der Waals surface area contributed by atoms with Crippen LogP contribution in [0.5, 0.6) is 0 Å². The lowest BCUT2D eigenvalue weighted by atomic mass is 10.1. The maximum Gasteiger partial charge on any atom is 0.341 e. The summed E-state index contributed by atoms with van der Waals surface area (Å²) in [5.41, 5.74) is -1.13. The van der Waals surface area contributed by atoms with Gasteiger partial charge in [0.2, 0.25) is 5.43 Å². The lowest BCUT2D eigenvalue weighted by Crippen LogP contribution is -2.45. The fraction of sp³-hybridized carbons (Fsp3) is 0.444. The minimum absolute atomic E-state index is 0.0152. The lowest BCUT2D eigenvalue weighted by Gasteiger charge is -2.34. The number of hydrogen-bond donors (Lipinski definition) is 1. The largest absolute Gasteiger partial charge is 0.477 e. The first-order valence-electron chi connectivity index (χ1n) is 8.62. The van der Waals surface area contributed by atoms with E-state index in [2.05, 4.69) is 4.90 Å². The van der Waals surface area contributed by atoms with E-state index in [1.54, 1.807) is 9.47 Å². The molecule has 4 rings (SSSR count). The van der Waals surface area contributed by atoms with Crippen LogP contribution in [0.15, 0.2) is 17.1 Å². The highest BCUT2D eigenvalue weighted by Crippen LogP contribution is 2.39. The number of anilines is 1. The summed E-state index contributed by atoms with van der Waals surface area (Å²) in [5, 5.41) is 8.77. The molecular weight excluding hydrogens is 344 g/mol. The van der Waals surface area contributed by atoms with Crippen molar-refractivity contribution in [3.05, 3.63) is 39.7 Å². The summed E-state index contributed by atoms with van der Waals surface area (Å²) in [4.78, 5) is 27.7. The highest BCUT2D eigenvalue weighted by atomic mass is 19.2. The van der Waals surface area contributed by atoms with Crippen LogP contribution >= 0.6 is 0 Å². The Labute approximate surface area is 148 Å². The molecule has 1 aromatic carbocycles. The van der Waals surface area contributed by atoms with Crippen molar-refractivity contribution < 1.29 is 18.7 Å². The van der Waals surface area contributed by atoms with E-state index in [9.17, 15) is 23.5 Å². The summed E-state index contributed by atoms with van der Waals surface area (Å²) >= 11 is 0. The van der Waals surface area contributed by atoms with E-state index in [0.29, 0.717) is 13.1 Å². The van der Waals surface area contributed by atoms with Gasteiger partial charge in [-0.1, -0.05) is 0 Å². The van der Waals surface area contributed by atoms with Gasteiger partial charge < -0.3 is 19.5 Å². The number of pyridine rings is 1. The molecule has 0 bridgehead atoms. The smallest absolute Gasteiger partial charge is 0.341 e. The van der Waals surface area contributed by atoms with Gasteiger partial charge in [-0.15, -0.1) is 0 Å². The average molecular weight is 363 g/mol. The second-order valence-corrected chi connectivity index (χ2v) is 7.02. The molecule has 1 N–H and O–H groups in total. The number of carboxylic acid groups (broad SMARTS) is 1. The Morgan fingerprint density at radius 3 is 2.38 bits per heavy atom. The number of halogens is 2. The topological polar surface area (TPSA) is 65.8 Å². The summed E-state index contributed by atoms with van der Waals surface area (Å²) in [7, 11) is 1.97. The Hall–Kier alpha value is -2.48. The Kier molecular flexibility index (Phi) is 3.95. The van der Waals surface area contributed by atoms with E-state index in [4.69, 9.17) is 0 Å². The number of hydrogen-bond acceptors (Lipinski definition) is 4.